The third-order valence-electron chi connectivity index (χ3n) is 3.11. The lowest BCUT2D eigenvalue weighted by Gasteiger charge is -2.33. The van der Waals surface area contributed by atoms with Gasteiger partial charge < -0.3 is 10.1 Å². The normalized spacial score (nSPS) is 20.6. The fourth-order valence-electron chi connectivity index (χ4n) is 2.35. The van der Waals surface area contributed by atoms with Crippen LogP contribution in [0.2, 0.25) is 0 Å². The van der Waals surface area contributed by atoms with Crippen LogP contribution < -0.4 is 0 Å². The Morgan fingerprint density at radius 1 is 1.55 bits per heavy atom. The van der Waals surface area contributed by atoms with Crippen molar-refractivity contribution in [2.75, 3.05) is 5.75 Å². The van der Waals surface area contributed by atoms with Crippen LogP contribution in [-0.2, 0) is 27.8 Å². The Kier molecular flexibility index (Phi) is 3.64. The Morgan fingerprint density at radius 2 is 2.20 bits per heavy atom. The number of carboxylic acids is 1. The van der Waals surface area contributed by atoms with Crippen LogP contribution in [0.5, 0.6) is 0 Å². The summed E-state index contributed by atoms with van der Waals surface area (Å²) in [5, 5.41) is 9.29. The highest BCUT2D eigenvalue weighted by atomic mass is 32.2. The number of aromatic amines is 1. The molecule has 112 valence electrons. The van der Waals surface area contributed by atoms with E-state index in [4.69, 9.17) is 0 Å². The first-order chi connectivity index (χ1) is 9.10. The van der Waals surface area contributed by atoms with E-state index < -0.39 is 27.4 Å². The van der Waals surface area contributed by atoms with E-state index in [1.54, 1.807) is 0 Å². The first-order valence-electron chi connectivity index (χ1n) is 6.33. The molecule has 0 bridgehead atoms. The maximum Gasteiger partial charge on any atom is 0.322 e. The van der Waals surface area contributed by atoms with Crippen molar-refractivity contribution in [2.24, 2.45) is 5.41 Å². The number of fused-ring (bicyclic) bond motifs is 1. The van der Waals surface area contributed by atoms with Crippen molar-refractivity contribution < 1.29 is 18.3 Å². The van der Waals surface area contributed by atoms with Crippen molar-refractivity contribution in [1.29, 1.82) is 0 Å². The van der Waals surface area contributed by atoms with E-state index in [-0.39, 0.29) is 18.7 Å². The Balaban J connectivity index is 2.36. The zero-order chi connectivity index (χ0) is 15.1. The third-order valence-corrected chi connectivity index (χ3v) is 5.44. The molecule has 8 heteroatoms. The minimum Gasteiger partial charge on any atom is -0.480 e. The summed E-state index contributed by atoms with van der Waals surface area (Å²) in [7, 11) is -3.65. The molecule has 7 nitrogen and oxygen atoms in total. The van der Waals surface area contributed by atoms with Crippen LogP contribution >= 0.6 is 0 Å². The first-order valence-corrected chi connectivity index (χ1v) is 7.94. The second-order valence-electron chi connectivity index (χ2n) is 6.25. The number of carboxylic acid groups (broad SMARTS) is 1. The van der Waals surface area contributed by atoms with E-state index in [2.05, 4.69) is 9.97 Å². The third kappa shape index (κ3) is 3.01. The summed E-state index contributed by atoms with van der Waals surface area (Å²) in [4.78, 5) is 18.3. The number of aliphatic carboxylic acids is 1. The van der Waals surface area contributed by atoms with Gasteiger partial charge in [0.1, 0.15) is 6.04 Å². The lowest BCUT2D eigenvalue weighted by molar-refractivity contribution is -0.141. The molecule has 0 spiro atoms. The molecule has 1 atom stereocenters. The monoisotopic (exact) mass is 301 g/mol. The summed E-state index contributed by atoms with van der Waals surface area (Å²) in [5.74, 6) is -1.23. The van der Waals surface area contributed by atoms with Gasteiger partial charge >= 0.3 is 5.97 Å². The highest BCUT2D eigenvalue weighted by molar-refractivity contribution is 7.89. The van der Waals surface area contributed by atoms with Gasteiger partial charge in [-0.3, -0.25) is 4.79 Å². The first kappa shape index (κ1) is 15.0. The van der Waals surface area contributed by atoms with Crippen LogP contribution in [0.4, 0.5) is 0 Å². The number of nitrogens with zero attached hydrogens (tertiary/aromatic N) is 2. The van der Waals surface area contributed by atoms with E-state index in [0.717, 1.165) is 4.31 Å². The molecule has 1 aromatic heterocycles. The molecule has 1 aliphatic rings. The van der Waals surface area contributed by atoms with E-state index >= 15 is 0 Å². The molecule has 2 heterocycles. The molecule has 1 aromatic rings. The predicted octanol–water partition coefficient (Wildman–Crippen LogP) is 0.597. The van der Waals surface area contributed by atoms with Crippen LogP contribution in [0.15, 0.2) is 6.33 Å². The number of nitrogens with one attached hydrogen (secondary N) is 1. The Labute approximate surface area is 118 Å². The topological polar surface area (TPSA) is 103 Å². The van der Waals surface area contributed by atoms with Crippen LogP contribution in [0, 0.1) is 5.41 Å². The lowest BCUT2D eigenvalue weighted by Crippen LogP contribution is -2.50. The highest BCUT2D eigenvalue weighted by Gasteiger charge is 2.41. The second-order valence-corrected chi connectivity index (χ2v) is 8.17. The summed E-state index contributed by atoms with van der Waals surface area (Å²) < 4.78 is 26.0. The molecular weight excluding hydrogens is 282 g/mol. The molecule has 2 N–H and O–H groups in total. The highest BCUT2D eigenvalue weighted by Crippen LogP contribution is 2.27. The molecule has 0 aliphatic carbocycles. The van der Waals surface area contributed by atoms with Gasteiger partial charge in [-0.15, -0.1) is 0 Å². The molecule has 1 aliphatic heterocycles. The van der Waals surface area contributed by atoms with Gasteiger partial charge in [-0.1, -0.05) is 20.8 Å². The average molecular weight is 301 g/mol. The number of imidazole rings is 1. The van der Waals surface area contributed by atoms with Crippen LogP contribution in [0.3, 0.4) is 0 Å². The van der Waals surface area contributed by atoms with Gasteiger partial charge in [0.05, 0.1) is 30.0 Å². The molecule has 0 saturated heterocycles. The number of carbonyl (C=O) groups is 1. The van der Waals surface area contributed by atoms with Gasteiger partial charge in [0.25, 0.3) is 0 Å². The van der Waals surface area contributed by atoms with Gasteiger partial charge in [0.15, 0.2) is 0 Å². The Hall–Kier alpha value is -1.41. The largest absolute Gasteiger partial charge is 0.480 e. The molecule has 0 aromatic carbocycles. The van der Waals surface area contributed by atoms with Gasteiger partial charge in [-0.05, 0) is 5.41 Å². The molecule has 0 saturated carbocycles. The maximum atomic E-state index is 12.5. The maximum absolute atomic E-state index is 12.5. The molecule has 0 radical (unpaired) electrons. The van der Waals surface area contributed by atoms with Crippen molar-refractivity contribution >= 4 is 16.0 Å². The molecule has 20 heavy (non-hydrogen) atoms. The van der Waals surface area contributed by atoms with E-state index in [9.17, 15) is 18.3 Å². The van der Waals surface area contributed by atoms with Crippen LogP contribution in [0.1, 0.15) is 32.2 Å². The van der Waals surface area contributed by atoms with Crippen molar-refractivity contribution in [3.05, 3.63) is 17.7 Å². The fraction of sp³-hybridized carbons (Fsp3) is 0.667. The standard InChI is InChI=1S/C12H19N3O4S/c1-12(2,3)6-20(18,19)15-5-9-8(13-7-14-9)4-10(15)11(16)17/h7,10H,4-6H2,1-3H3,(H,13,14)(H,16,17). The number of aromatic nitrogens is 2. The minimum atomic E-state index is -3.65. The van der Waals surface area contributed by atoms with Gasteiger partial charge in [0, 0.05) is 6.42 Å². The number of hydrogen-bond donors (Lipinski definition) is 2. The molecule has 0 fully saturated rings. The number of H-pyrrole nitrogens is 1. The molecule has 0 amide bonds. The average Bonchev–Trinajstić information content (AvgIpc) is 2.70. The number of rotatable bonds is 3. The van der Waals surface area contributed by atoms with E-state index in [0.29, 0.717) is 11.4 Å². The number of hydrogen-bond acceptors (Lipinski definition) is 4. The second kappa shape index (κ2) is 4.85. The number of sulfonamides is 1. The minimum absolute atomic E-state index is 0.0325. The van der Waals surface area contributed by atoms with Crippen LogP contribution in [-0.4, -0.2) is 45.6 Å². The lowest BCUT2D eigenvalue weighted by atomic mass is 10.0. The molecule has 2 rings (SSSR count). The smallest absolute Gasteiger partial charge is 0.322 e. The zero-order valence-corrected chi connectivity index (χ0v) is 12.6. The summed E-state index contributed by atoms with van der Waals surface area (Å²) >= 11 is 0. The van der Waals surface area contributed by atoms with Crippen molar-refractivity contribution in [3.63, 3.8) is 0 Å². The van der Waals surface area contributed by atoms with Crippen molar-refractivity contribution in [1.82, 2.24) is 14.3 Å². The SMILES string of the molecule is CC(C)(C)CS(=O)(=O)N1Cc2[nH]cnc2CC1C(=O)O. The Bertz CT molecular complexity index is 615. The van der Waals surface area contributed by atoms with Gasteiger partial charge in [-0.2, -0.15) is 4.31 Å². The summed E-state index contributed by atoms with van der Waals surface area (Å²) in [6.45, 7) is 5.47. The summed E-state index contributed by atoms with van der Waals surface area (Å²) in [6, 6.07) is -1.09. The summed E-state index contributed by atoms with van der Waals surface area (Å²) in [6.07, 6.45) is 1.56. The van der Waals surface area contributed by atoms with Gasteiger partial charge in [0.2, 0.25) is 10.0 Å². The zero-order valence-electron chi connectivity index (χ0n) is 11.8. The molecular formula is C12H19N3O4S. The predicted molar refractivity (Wildman–Crippen MR) is 72.5 cm³/mol. The van der Waals surface area contributed by atoms with Gasteiger partial charge in [-0.25, -0.2) is 13.4 Å². The summed E-state index contributed by atoms with van der Waals surface area (Å²) in [5.41, 5.74) is 0.857. The Morgan fingerprint density at radius 3 is 2.75 bits per heavy atom. The quantitative estimate of drug-likeness (QED) is 0.850. The van der Waals surface area contributed by atoms with Crippen LogP contribution in [0.25, 0.3) is 0 Å². The fourth-order valence-corrected chi connectivity index (χ4v) is 4.48. The van der Waals surface area contributed by atoms with Crippen molar-refractivity contribution in [3.8, 4) is 0 Å². The molecule has 1 unspecified atom stereocenters. The van der Waals surface area contributed by atoms with E-state index in [1.165, 1.54) is 6.33 Å². The van der Waals surface area contributed by atoms with Crippen molar-refractivity contribution in [2.45, 2.75) is 39.8 Å². The van der Waals surface area contributed by atoms with E-state index in [1.807, 2.05) is 20.8 Å².